The molecule has 1 aliphatic rings. The molecule has 2 rings (SSSR count). The van der Waals surface area contributed by atoms with Crippen molar-refractivity contribution in [3.8, 4) is 5.88 Å². The predicted molar refractivity (Wildman–Crippen MR) is 96.6 cm³/mol. The Hall–Kier alpha value is -1.64. The van der Waals surface area contributed by atoms with E-state index < -0.39 is 0 Å². The van der Waals surface area contributed by atoms with E-state index >= 15 is 0 Å². The van der Waals surface area contributed by atoms with Crippen LogP contribution in [0.15, 0.2) is 15.7 Å². The first-order valence-electron chi connectivity index (χ1n) is 8.10. The lowest BCUT2D eigenvalue weighted by Crippen LogP contribution is -2.53. The summed E-state index contributed by atoms with van der Waals surface area (Å²) in [6.07, 6.45) is 2.16. The zero-order valence-corrected chi connectivity index (χ0v) is 15.7. The van der Waals surface area contributed by atoms with Crippen LogP contribution in [-0.4, -0.2) is 73.9 Å². The van der Waals surface area contributed by atoms with E-state index in [1.165, 1.54) is 0 Å². The van der Waals surface area contributed by atoms with Gasteiger partial charge in [0.15, 0.2) is 5.96 Å². The molecule has 1 aromatic heterocycles. The summed E-state index contributed by atoms with van der Waals surface area (Å²) in [5, 5.41) is 3.27. The van der Waals surface area contributed by atoms with Gasteiger partial charge in [0.2, 0.25) is 11.8 Å². The van der Waals surface area contributed by atoms with Crippen LogP contribution in [0.3, 0.4) is 0 Å². The van der Waals surface area contributed by atoms with E-state index in [9.17, 15) is 4.39 Å². The predicted octanol–water partition coefficient (Wildman–Crippen LogP) is 1.69. The third-order valence-electron chi connectivity index (χ3n) is 3.64. The van der Waals surface area contributed by atoms with Crippen molar-refractivity contribution in [2.45, 2.75) is 13.3 Å². The first-order chi connectivity index (χ1) is 11.7. The highest BCUT2D eigenvalue weighted by Crippen LogP contribution is 2.23. The molecule has 0 saturated carbocycles. The van der Waals surface area contributed by atoms with Crippen LogP contribution in [0.5, 0.6) is 5.88 Å². The maximum absolute atomic E-state index is 12.3. The van der Waals surface area contributed by atoms with Crippen molar-refractivity contribution in [2.24, 2.45) is 4.99 Å². The number of alkyl halides is 1. The number of piperazine rings is 1. The molecule has 0 spiro atoms. The molecule has 2 heterocycles. The monoisotopic (exact) mass is 402 g/mol. The van der Waals surface area contributed by atoms with Crippen LogP contribution in [-0.2, 0) is 0 Å². The average molecular weight is 403 g/mol. The van der Waals surface area contributed by atoms with Gasteiger partial charge in [0.1, 0.15) is 0 Å². The van der Waals surface area contributed by atoms with Gasteiger partial charge in [-0.05, 0) is 29.3 Å². The molecular formula is C15H24BrFN6O. The van der Waals surface area contributed by atoms with E-state index in [2.05, 4.69) is 46.0 Å². The fourth-order valence-corrected chi connectivity index (χ4v) is 2.78. The van der Waals surface area contributed by atoms with Gasteiger partial charge in [-0.1, -0.05) is 0 Å². The van der Waals surface area contributed by atoms with Crippen molar-refractivity contribution >= 4 is 27.8 Å². The van der Waals surface area contributed by atoms with Crippen molar-refractivity contribution in [3.63, 3.8) is 0 Å². The maximum atomic E-state index is 12.3. The van der Waals surface area contributed by atoms with Gasteiger partial charge in [-0.2, -0.15) is 4.98 Å². The number of rotatable bonds is 6. The summed E-state index contributed by atoms with van der Waals surface area (Å²) in [5.41, 5.74) is 0. The van der Waals surface area contributed by atoms with Crippen LogP contribution < -0.4 is 15.0 Å². The lowest BCUT2D eigenvalue weighted by molar-refractivity contribution is 0.365. The standard InChI is InChI=1S/C15H24BrFN6O/c1-3-18-14(19-6-4-5-17)22-7-9-23(10-8-22)15-20-11-12(16)13(21-15)24-2/h11H,3-10H2,1-2H3,(H,18,19). The highest BCUT2D eigenvalue weighted by molar-refractivity contribution is 9.10. The Balaban J connectivity index is 1.97. The van der Waals surface area contributed by atoms with Gasteiger partial charge in [0, 0.05) is 39.3 Å². The molecule has 0 atom stereocenters. The van der Waals surface area contributed by atoms with E-state index in [-0.39, 0.29) is 6.67 Å². The largest absolute Gasteiger partial charge is 0.480 e. The van der Waals surface area contributed by atoms with Crippen molar-refractivity contribution < 1.29 is 9.13 Å². The molecule has 7 nitrogen and oxygen atoms in total. The Morgan fingerprint density at radius 2 is 2.17 bits per heavy atom. The minimum atomic E-state index is -0.334. The van der Waals surface area contributed by atoms with Gasteiger partial charge in [0.25, 0.3) is 0 Å². The third-order valence-corrected chi connectivity index (χ3v) is 4.19. The van der Waals surface area contributed by atoms with Gasteiger partial charge in [0.05, 0.1) is 24.5 Å². The molecule has 1 fully saturated rings. The van der Waals surface area contributed by atoms with E-state index in [1.54, 1.807) is 13.3 Å². The Morgan fingerprint density at radius 3 is 2.79 bits per heavy atom. The lowest BCUT2D eigenvalue weighted by Gasteiger charge is -2.36. The van der Waals surface area contributed by atoms with Crippen LogP contribution in [0.1, 0.15) is 13.3 Å². The van der Waals surface area contributed by atoms with Crippen molar-refractivity contribution in [1.29, 1.82) is 0 Å². The van der Waals surface area contributed by atoms with Gasteiger partial charge >= 0.3 is 0 Å². The number of hydrogen-bond acceptors (Lipinski definition) is 5. The minimum absolute atomic E-state index is 0.334. The first-order valence-corrected chi connectivity index (χ1v) is 8.89. The molecule has 0 aromatic carbocycles. The number of ether oxygens (including phenoxy) is 1. The molecule has 0 radical (unpaired) electrons. The number of guanidine groups is 1. The van der Waals surface area contributed by atoms with Gasteiger partial charge in [-0.3, -0.25) is 9.38 Å². The Morgan fingerprint density at radius 1 is 1.42 bits per heavy atom. The molecule has 0 aliphatic carbocycles. The Labute approximate surface area is 150 Å². The number of hydrogen-bond donors (Lipinski definition) is 1. The lowest BCUT2D eigenvalue weighted by atomic mass is 10.3. The zero-order chi connectivity index (χ0) is 17.4. The minimum Gasteiger partial charge on any atom is -0.480 e. The second kappa shape index (κ2) is 9.61. The molecule has 134 valence electrons. The highest BCUT2D eigenvalue weighted by Gasteiger charge is 2.22. The molecule has 24 heavy (non-hydrogen) atoms. The summed E-state index contributed by atoms with van der Waals surface area (Å²) in [6.45, 7) is 6.19. The number of nitrogens with one attached hydrogen (secondary N) is 1. The molecule has 1 N–H and O–H groups in total. The summed E-state index contributed by atoms with van der Waals surface area (Å²) in [6, 6.07) is 0. The van der Waals surface area contributed by atoms with Crippen LogP contribution >= 0.6 is 15.9 Å². The summed E-state index contributed by atoms with van der Waals surface area (Å²) >= 11 is 3.36. The molecular weight excluding hydrogens is 379 g/mol. The van der Waals surface area contributed by atoms with E-state index in [0.29, 0.717) is 24.8 Å². The fourth-order valence-electron chi connectivity index (χ4n) is 2.43. The average Bonchev–Trinajstić information content (AvgIpc) is 2.62. The van der Waals surface area contributed by atoms with Crippen LogP contribution in [0.4, 0.5) is 10.3 Å². The first kappa shape index (κ1) is 18.7. The van der Waals surface area contributed by atoms with E-state index in [4.69, 9.17) is 4.74 Å². The second-order valence-electron chi connectivity index (χ2n) is 5.28. The van der Waals surface area contributed by atoms with Crippen molar-refractivity contribution in [2.75, 3.05) is 58.0 Å². The number of nitrogens with zero attached hydrogens (tertiary/aromatic N) is 5. The molecule has 0 bridgehead atoms. The number of halogens is 2. The molecule has 1 saturated heterocycles. The fraction of sp³-hybridized carbons (Fsp3) is 0.667. The molecule has 1 aliphatic heterocycles. The number of methoxy groups -OCH3 is 1. The molecule has 1 aromatic rings. The Kier molecular flexibility index (Phi) is 7.48. The normalized spacial score (nSPS) is 15.6. The van der Waals surface area contributed by atoms with Gasteiger partial charge in [-0.25, -0.2) is 4.98 Å². The smallest absolute Gasteiger partial charge is 0.232 e. The molecule has 9 heteroatoms. The van der Waals surface area contributed by atoms with Crippen LogP contribution in [0, 0.1) is 0 Å². The molecule has 0 unspecified atom stereocenters. The van der Waals surface area contributed by atoms with Crippen LogP contribution in [0.2, 0.25) is 0 Å². The Bertz CT molecular complexity index is 551. The quantitative estimate of drug-likeness (QED) is 0.443. The summed E-state index contributed by atoms with van der Waals surface area (Å²) in [5.74, 6) is 2.04. The highest BCUT2D eigenvalue weighted by atomic mass is 79.9. The third kappa shape index (κ3) is 4.93. The van der Waals surface area contributed by atoms with Crippen LogP contribution in [0.25, 0.3) is 0 Å². The van der Waals surface area contributed by atoms with E-state index in [1.807, 2.05) is 6.92 Å². The van der Waals surface area contributed by atoms with Crippen molar-refractivity contribution in [3.05, 3.63) is 10.7 Å². The van der Waals surface area contributed by atoms with E-state index in [0.717, 1.165) is 43.2 Å². The number of anilines is 1. The summed E-state index contributed by atoms with van der Waals surface area (Å²) in [4.78, 5) is 17.6. The number of aliphatic imine (C=N–C) groups is 1. The zero-order valence-electron chi connectivity index (χ0n) is 14.1. The van der Waals surface area contributed by atoms with Crippen molar-refractivity contribution in [1.82, 2.24) is 20.2 Å². The molecule has 0 amide bonds. The maximum Gasteiger partial charge on any atom is 0.232 e. The summed E-state index contributed by atoms with van der Waals surface area (Å²) < 4.78 is 18.2. The van der Waals surface area contributed by atoms with Gasteiger partial charge < -0.3 is 19.9 Å². The second-order valence-corrected chi connectivity index (χ2v) is 6.13. The SMILES string of the molecule is CCNC(=NCCCF)N1CCN(c2ncc(Br)c(OC)n2)CC1. The van der Waals surface area contributed by atoms with Gasteiger partial charge in [-0.15, -0.1) is 0 Å². The topological polar surface area (TPSA) is 65.9 Å². The summed E-state index contributed by atoms with van der Waals surface area (Å²) in [7, 11) is 1.59. The number of aromatic nitrogens is 2.